The third kappa shape index (κ3) is 4.97. The lowest BCUT2D eigenvalue weighted by molar-refractivity contribution is -0.138. The van der Waals surface area contributed by atoms with Crippen LogP contribution in [0.25, 0.3) is 0 Å². The minimum Gasteiger partial charge on any atom is -0.491 e. The first-order chi connectivity index (χ1) is 11.8. The maximum atomic E-state index is 11.8. The zero-order valence-corrected chi connectivity index (χ0v) is 14.5. The molecule has 0 aromatic heterocycles. The van der Waals surface area contributed by atoms with Crippen molar-refractivity contribution in [3.63, 3.8) is 0 Å². The number of aryl methyl sites for hydroxylation is 1. The van der Waals surface area contributed by atoms with Gasteiger partial charge in [-0.3, -0.25) is 5.41 Å². The largest absolute Gasteiger partial charge is 0.491 e. The molecule has 0 aliphatic heterocycles. The number of ether oxygens (including phenoxy) is 1. The number of carbonyl (C=O) groups is 1. The number of nitrogens with one attached hydrogen (secondary N) is 2. The molecule has 6 heteroatoms. The van der Waals surface area contributed by atoms with Crippen LogP contribution in [0, 0.1) is 12.3 Å². The Hall–Kier alpha value is -3.02. The Balaban J connectivity index is 2.30. The minimum absolute atomic E-state index is 0.00464. The monoisotopic (exact) mass is 341 g/mol. The van der Waals surface area contributed by atoms with Gasteiger partial charge in [-0.2, -0.15) is 0 Å². The number of carboxylic acid groups (broad SMARTS) is 1. The molecule has 0 aliphatic rings. The van der Waals surface area contributed by atoms with Crippen molar-refractivity contribution in [1.82, 2.24) is 0 Å². The predicted molar refractivity (Wildman–Crippen MR) is 98.4 cm³/mol. The van der Waals surface area contributed by atoms with E-state index in [1.807, 2.05) is 32.9 Å². The lowest BCUT2D eigenvalue weighted by atomic mass is 10.0. The molecule has 5 N–H and O–H groups in total. The zero-order valence-electron chi connectivity index (χ0n) is 14.5. The van der Waals surface area contributed by atoms with E-state index >= 15 is 0 Å². The van der Waals surface area contributed by atoms with Crippen molar-refractivity contribution < 1.29 is 14.6 Å². The molecule has 2 aromatic carbocycles. The van der Waals surface area contributed by atoms with Gasteiger partial charge in [0.25, 0.3) is 0 Å². The maximum absolute atomic E-state index is 11.8. The number of anilines is 1. The van der Waals surface area contributed by atoms with Crippen molar-refractivity contribution in [3.8, 4) is 5.75 Å². The number of aliphatic carboxylic acids is 1. The first-order valence-electron chi connectivity index (χ1n) is 7.98. The van der Waals surface area contributed by atoms with Gasteiger partial charge in [-0.1, -0.05) is 6.07 Å². The average molecular weight is 341 g/mol. The van der Waals surface area contributed by atoms with Crippen LogP contribution in [-0.2, 0) is 4.79 Å². The van der Waals surface area contributed by atoms with Gasteiger partial charge < -0.3 is 20.9 Å². The molecule has 132 valence electrons. The molecule has 6 nitrogen and oxygen atoms in total. The number of nitrogen functional groups attached to an aromatic ring is 1. The quantitative estimate of drug-likeness (QED) is 0.456. The minimum atomic E-state index is -0.989. The summed E-state index contributed by atoms with van der Waals surface area (Å²) >= 11 is 0. The first-order valence-corrected chi connectivity index (χ1v) is 7.98. The van der Waals surface area contributed by atoms with Crippen molar-refractivity contribution in [3.05, 3.63) is 59.2 Å². The van der Waals surface area contributed by atoms with E-state index in [0.717, 1.165) is 5.56 Å². The summed E-state index contributed by atoms with van der Waals surface area (Å²) in [6.45, 7) is 5.74. The predicted octanol–water partition coefficient (Wildman–Crippen LogP) is 3.30. The summed E-state index contributed by atoms with van der Waals surface area (Å²) < 4.78 is 5.70. The smallest absolute Gasteiger partial charge is 0.330 e. The molecular formula is C19H23N3O3. The van der Waals surface area contributed by atoms with Crippen LogP contribution in [0.15, 0.2) is 42.5 Å². The number of amidine groups is 1. The fraction of sp³-hybridized carbons (Fsp3) is 0.263. The third-order valence-electron chi connectivity index (χ3n) is 3.53. The second-order valence-corrected chi connectivity index (χ2v) is 6.15. The average Bonchev–Trinajstić information content (AvgIpc) is 2.51. The SMILES string of the molecule is Cc1cc(OC(C)C)cc(C(Nc2ccc(C(=N)N)cc2)C(=O)O)c1. The van der Waals surface area contributed by atoms with Crippen molar-refractivity contribution in [1.29, 1.82) is 5.41 Å². The summed E-state index contributed by atoms with van der Waals surface area (Å²) in [5.74, 6) is -0.378. The molecule has 0 fully saturated rings. The van der Waals surface area contributed by atoms with E-state index in [1.165, 1.54) is 0 Å². The van der Waals surface area contributed by atoms with E-state index < -0.39 is 12.0 Å². The summed E-state index contributed by atoms with van der Waals surface area (Å²) in [6.07, 6.45) is 0.00464. The van der Waals surface area contributed by atoms with E-state index in [-0.39, 0.29) is 11.9 Å². The highest BCUT2D eigenvalue weighted by molar-refractivity contribution is 5.95. The van der Waals surface area contributed by atoms with Gasteiger partial charge >= 0.3 is 5.97 Å². The summed E-state index contributed by atoms with van der Waals surface area (Å²) in [5.41, 5.74) is 8.18. The van der Waals surface area contributed by atoms with Crippen LogP contribution < -0.4 is 15.8 Å². The van der Waals surface area contributed by atoms with Crippen LogP contribution in [0.3, 0.4) is 0 Å². The van der Waals surface area contributed by atoms with Gasteiger partial charge in [0.1, 0.15) is 11.6 Å². The second-order valence-electron chi connectivity index (χ2n) is 6.15. The van der Waals surface area contributed by atoms with Gasteiger partial charge in [-0.25, -0.2) is 4.79 Å². The Morgan fingerprint density at radius 3 is 2.36 bits per heavy atom. The molecule has 0 saturated heterocycles. The van der Waals surface area contributed by atoms with Gasteiger partial charge in [-0.15, -0.1) is 0 Å². The van der Waals surface area contributed by atoms with Gasteiger partial charge in [0, 0.05) is 11.3 Å². The van der Waals surface area contributed by atoms with Crippen LogP contribution in [0.2, 0.25) is 0 Å². The molecule has 0 aliphatic carbocycles. The van der Waals surface area contributed by atoms with Crippen LogP contribution in [0.5, 0.6) is 5.75 Å². The number of rotatable bonds is 7. The van der Waals surface area contributed by atoms with E-state index in [0.29, 0.717) is 22.6 Å². The van der Waals surface area contributed by atoms with E-state index in [4.69, 9.17) is 15.9 Å². The molecule has 2 aromatic rings. The highest BCUT2D eigenvalue weighted by Gasteiger charge is 2.21. The van der Waals surface area contributed by atoms with Crippen LogP contribution in [0.1, 0.15) is 36.6 Å². The van der Waals surface area contributed by atoms with Crippen molar-refractivity contribution in [2.45, 2.75) is 32.9 Å². The third-order valence-corrected chi connectivity index (χ3v) is 3.53. The highest BCUT2D eigenvalue weighted by atomic mass is 16.5. The van der Waals surface area contributed by atoms with Crippen LogP contribution in [0.4, 0.5) is 5.69 Å². The first kappa shape index (κ1) is 18.3. The lowest BCUT2D eigenvalue weighted by Crippen LogP contribution is -2.21. The van der Waals surface area contributed by atoms with Gasteiger partial charge in [-0.05, 0) is 68.3 Å². The van der Waals surface area contributed by atoms with Gasteiger partial charge in [0.15, 0.2) is 6.04 Å². The Morgan fingerprint density at radius 2 is 1.84 bits per heavy atom. The molecular weight excluding hydrogens is 318 g/mol. The number of benzene rings is 2. The number of nitrogens with two attached hydrogens (primary N) is 1. The fourth-order valence-electron chi connectivity index (χ4n) is 2.48. The Bertz CT molecular complexity index is 770. The van der Waals surface area contributed by atoms with Gasteiger partial charge in [0.2, 0.25) is 0 Å². The maximum Gasteiger partial charge on any atom is 0.330 e. The second kappa shape index (κ2) is 7.70. The van der Waals surface area contributed by atoms with E-state index in [9.17, 15) is 9.90 Å². The van der Waals surface area contributed by atoms with Crippen LogP contribution in [-0.4, -0.2) is 23.0 Å². The normalized spacial score (nSPS) is 11.8. The molecule has 0 spiro atoms. The summed E-state index contributed by atoms with van der Waals surface area (Å²) in [4.78, 5) is 11.8. The topological polar surface area (TPSA) is 108 Å². The standard InChI is InChI=1S/C19H23N3O3/c1-11(2)25-16-9-12(3)8-14(10-16)17(19(23)24)22-15-6-4-13(5-7-15)18(20)21/h4-11,17,22H,1-3H3,(H3,20,21)(H,23,24). The van der Waals surface area contributed by atoms with E-state index in [1.54, 1.807) is 30.3 Å². The lowest BCUT2D eigenvalue weighted by Gasteiger charge is -2.19. The molecule has 0 saturated carbocycles. The zero-order chi connectivity index (χ0) is 18.6. The molecule has 0 amide bonds. The van der Waals surface area contributed by atoms with Crippen LogP contribution >= 0.6 is 0 Å². The molecule has 1 atom stereocenters. The van der Waals surface area contributed by atoms with Crippen molar-refractivity contribution >= 4 is 17.5 Å². The summed E-state index contributed by atoms with van der Waals surface area (Å²) in [7, 11) is 0. The van der Waals surface area contributed by atoms with Crippen molar-refractivity contribution in [2.75, 3.05) is 5.32 Å². The van der Waals surface area contributed by atoms with Gasteiger partial charge in [0.05, 0.1) is 6.10 Å². The Labute approximate surface area is 147 Å². The van der Waals surface area contributed by atoms with Crippen molar-refractivity contribution in [2.24, 2.45) is 5.73 Å². The highest BCUT2D eigenvalue weighted by Crippen LogP contribution is 2.26. The molecule has 0 bridgehead atoms. The molecule has 25 heavy (non-hydrogen) atoms. The molecule has 0 radical (unpaired) electrons. The number of carboxylic acids is 1. The summed E-state index contributed by atoms with van der Waals surface area (Å²) in [5, 5.41) is 20.0. The Morgan fingerprint density at radius 1 is 1.20 bits per heavy atom. The molecule has 2 rings (SSSR count). The number of hydrogen-bond acceptors (Lipinski definition) is 4. The van der Waals surface area contributed by atoms with E-state index in [2.05, 4.69) is 5.32 Å². The Kier molecular flexibility index (Phi) is 5.64. The molecule has 1 unspecified atom stereocenters. The fourth-order valence-corrected chi connectivity index (χ4v) is 2.48. The molecule has 0 heterocycles. The summed E-state index contributed by atoms with van der Waals surface area (Å²) in [6, 6.07) is 11.3. The number of hydrogen-bond donors (Lipinski definition) is 4.